The monoisotopic (exact) mass is 426 g/mol. The van der Waals surface area contributed by atoms with Gasteiger partial charge in [0.2, 0.25) is 5.78 Å². The third-order valence-corrected chi connectivity index (χ3v) is 5.54. The van der Waals surface area contributed by atoms with Gasteiger partial charge < -0.3 is 18.9 Å². The zero-order valence-electron chi connectivity index (χ0n) is 17.8. The highest BCUT2D eigenvalue weighted by Gasteiger charge is 2.29. The minimum Gasteiger partial charge on any atom is -0.496 e. The zero-order valence-corrected chi connectivity index (χ0v) is 17.8. The normalized spacial score (nSPS) is 17.7. The predicted molar refractivity (Wildman–Crippen MR) is 121 cm³/mol. The third kappa shape index (κ3) is 3.73. The number of ether oxygens (including phenoxy) is 4. The van der Waals surface area contributed by atoms with E-state index < -0.39 is 0 Å². The van der Waals surface area contributed by atoms with Gasteiger partial charge in [0.15, 0.2) is 5.76 Å². The van der Waals surface area contributed by atoms with E-state index in [-0.39, 0.29) is 17.6 Å². The summed E-state index contributed by atoms with van der Waals surface area (Å²) in [6, 6.07) is 20.8. The van der Waals surface area contributed by atoms with Crippen LogP contribution in [0.15, 0.2) is 84.1 Å². The topological polar surface area (TPSA) is 54.0 Å². The summed E-state index contributed by atoms with van der Waals surface area (Å²) < 4.78 is 23.2. The zero-order chi connectivity index (χ0) is 22.1. The fourth-order valence-corrected chi connectivity index (χ4v) is 3.81. The van der Waals surface area contributed by atoms with Crippen LogP contribution in [0.3, 0.4) is 0 Å². The summed E-state index contributed by atoms with van der Waals surface area (Å²) in [5.41, 5.74) is 3.32. The first-order chi connectivity index (χ1) is 15.6. The highest BCUT2D eigenvalue weighted by atomic mass is 16.5. The van der Waals surface area contributed by atoms with Crippen molar-refractivity contribution < 1.29 is 23.7 Å². The molecule has 5 rings (SSSR count). The maximum absolute atomic E-state index is 12.9. The quantitative estimate of drug-likeness (QED) is 0.497. The Kier molecular flexibility index (Phi) is 5.15. The summed E-state index contributed by atoms with van der Waals surface area (Å²) in [5.74, 6) is 2.84. The Labute approximate surface area is 186 Å². The Morgan fingerprint density at radius 3 is 2.69 bits per heavy atom. The van der Waals surface area contributed by atoms with Gasteiger partial charge in [-0.25, -0.2) is 0 Å². The number of hydrogen-bond donors (Lipinski definition) is 0. The number of methoxy groups -OCH3 is 1. The van der Waals surface area contributed by atoms with Crippen molar-refractivity contribution in [1.29, 1.82) is 0 Å². The smallest absolute Gasteiger partial charge is 0.231 e. The van der Waals surface area contributed by atoms with Crippen LogP contribution in [0, 0.1) is 0 Å². The van der Waals surface area contributed by atoms with E-state index in [4.69, 9.17) is 18.9 Å². The summed E-state index contributed by atoms with van der Waals surface area (Å²) in [6.07, 6.45) is 3.60. The van der Waals surface area contributed by atoms with E-state index in [1.807, 2.05) is 61.5 Å². The SMILES string of the molecule is COc1ccccc1COc1ccc2c(c1)OC(=CC1=Cc3ccccc3O[C@@H]1C)C2=O. The minimum atomic E-state index is -0.183. The van der Waals surface area contributed by atoms with Gasteiger partial charge in [0.05, 0.1) is 12.7 Å². The molecule has 0 saturated heterocycles. The Morgan fingerprint density at radius 2 is 1.81 bits per heavy atom. The van der Waals surface area contributed by atoms with Crippen LogP contribution >= 0.6 is 0 Å². The van der Waals surface area contributed by atoms with Gasteiger partial charge in [-0.1, -0.05) is 36.4 Å². The maximum atomic E-state index is 12.9. The first-order valence-corrected chi connectivity index (χ1v) is 10.4. The van der Waals surface area contributed by atoms with E-state index in [0.29, 0.717) is 23.7 Å². The van der Waals surface area contributed by atoms with E-state index in [2.05, 4.69) is 0 Å². The number of carbonyl (C=O) groups excluding carboxylic acids is 1. The van der Waals surface area contributed by atoms with Gasteiger partial charge in [-0.2, -0.15) is 0 Å². The summed E-state index contributed by atoms with van der Waals surface area (Å²) in [6.45, 7) is 2.30. The molecule has 0 aromatic heterocycles. The number of ketones is 1. The Bertz CT molecular complexity index is 1250. The molecule has 3 aromatic rings. The Hall–Kier alpha value is -3.99. The molecule has 5 heteroatoms. The number of para-hydroxylation sites is 2. The average molecular weight is 426 g/mol. The molecule has 160 valence electrons. The van der Waals surface area contributed by atoms with Crippen molar-refractivity contribution in [3.63, 3.8) is 0 Å². The highest BCUT2D eigenvalue weighted by molar-refractivity contribution is 6.12. The van der Waals surface area contributed by atoms with Gasteiger partial charge in [0.1, 0.15) is 35.7 Å². The number of benzene rings is 3. The number of Topliss-reactive ketones (excluding diaryl/α,β-unsaturated/α-hetero) is 1. The van der Waals surface area contributed by atoms with E-state index in [0.717, 1.165) is 28.2 Å². The van der Waals surface area contributed by atoms with Crippen LogP contribution in [0.25, 0.3) is 6.08 Å². The van der Waals surface area contributed by atoms with Gasteiger partial charge >= 0.3 is 0 Å². The van der Waals surface area contributed by atoms with Crippen LogP contribution in [0.5, 0.6) is 23.0 Å². The lowest BCUT2D eigenvalue weighted by atomic mass is 10.0. The predicted octanol–water partition coefficient (Wildman–Crippen LogP) is 5.60. The molecule has 0 saturated carbocycles. The van der Waals surface area contributed by atoms with Crippen LogP contribution in [-0.2, 0) is 6.61 Å². The van der Waals surface area contributed by atoms with Gasteiger partial charge in [-0.05, 0) is 48.9 Å². The van der Waals surface area contributed by atoms with E-state index in [1.165, 1.54) is 0 Å². The molecule has 3 aromatic carbocycles. The van der Waals surface area contributed by atoms with Crippen LogP contribution in [0.1, 0.15) is 28.4 Å². The second kappa shape index (κ2) is 8.27. The molecule has 32 heavy (non-hydrogen) atoms. The molecule has 0 N–H and O–H groups in total. The van der Waals surface area contributed by atoms with Crippen LogP contribution in [0.2, 0.25) is 0 Å². The molecule has 2 aliphatic heterocycles. The molecule has 5 nitrogen and oxygen atoms in total. The highest BCUT2D eigenvalue weighted by Crippen LogP contribution is 2.36. The van der Waals surface area contributed by atoms with Gasteiger partial charge in [0, 0.05) is 17.2 Å². The molecule has 0 unspecified atom stereocenters. The van der Waals surface area contributed by atoms with E-state index >= 15 is 0 Å². The Balaban J connectivity index is 1.35. The number of fused-ring (bicyclic) bond motifs is 2. The van der Waals surface area contributed by atoms with Crippen LogP contribution < -0.4 is 18.9 Å². The molecule has 0 spiro atoms. The lowest BCUT2D eigenvalue weighted by molar-refractivity contribution is 0.101. The van der Waals surface area contributed by atoms with Crippen molar-refractivity contribution in [1.82, 2.24) is 0 Å². The van der Waals surface area contributed by atoms with Crippen LogP contribution in [0.4, 0.5) is 0 Å². The molecule has 0 bridgehead atoms. The number of rotatable bonds is 5. The fourth-order valence-electron chi connectivity index (χ4n) is 3.81. The fraction of sp³-hybridized carbons (Fsp3) is 0.148. The van der Waals surface area contributed by atoms with Gasteiger partial charge in [-0.3, -0.25) is 4.79 Å². The summed E-state index contributed by atoms with van der Waals surface area (Å²) >= 11 is 0. The van der Waals surface area contributed by atoms with Crippen LogP contribution in [-0.4, -0.2) is 19.0 Å². The van der Waals surface area contributed by atoms with E-state index in [1.54, 1.807) is 31.4 Å². The lowest BCUT2D eigenvalue weighted by Gasteiger charge is -2.22. The molecule has 1 atom stereocenters. The molecule has 2 heterocycles. The number of hydrogen-bond acceptors (Lipinski definition) is 5. The van der Waals surface area contributed by atoms with Crippen molar-refractivity contribution >= 4 is 11.9 Å². The molecule has 2 aliphatic rings. The second-order valence-corrected chi connectivity index (χ2v) is 7.64. The molecule has 0 fully saturated rings. The Morgan fingerprint density at radius 1 is 1.00 bits per heavy atom. The maximum Gasteiger partial charge on any atom is 0.231 e. The molecule has 0 radical (unpaired) electrons. The summed E-state index contributed by atoms with van der Waals surface area (Å²) in [4.78, 5) is 12.9. The molecule has 0 amide bonds. The third-order valence-electron chi connectivity index (χ3n) is 5.54. The second-order valence-electron chi connectivity index (χ2n) is 7.64. The first kappa shape index (κ1) is 19.9. The van der Waals surface area contributed by atoms with Crippen molar-refractivity contribution in [2.45, 2.75) is 19.6 Å². The van der Waals surface area contributed by atoms with Crippen molar-refractivity contribution in [2.75, 3.05) is 7.11 Å². The van der Waals surface area contributed by atoms with Crippen molar-refractivity contribution in [3.05, 3.63) is 101 Å². The standard InChI is InChI=1S/C27H22O5/c1-17-20(13-18-7-3-6-10-24(18)31-17)14-26-27(28)22-12-11-21(15-25(22)32-26)30-16-19-8-4-5-9-23(19)29-2/h3-15,17H,16H2,1-2H3/t17-/m1/s1. The molecule has 0 aliphatic carbocycles. The molecular formula is C27H22O5. The first-order valence-electron chi connectivity index (χ1n) is 10.4. The largest absolute Gasteiger partial charge is 0.496 e. The minimum absolute atomic E-state index is 0.150. The van der Waals surface area contributed by atoms with E-state index in [9.17, 15) is 4.79 Å². The van der Waals surface area contributed by atoms with Crippen molar-refractivity contribution in [2.24, 2.45) is 0 Å². The number of carbonyl (C=O) groups is 1. The molecular weight excluding hydrogens is 404 g/mol. The number of allylic oxidation sites excluding steroid dienone is 1. The average Bonchev–Trinajstić information content (AvgIpc) is 3.12. The van der Waals surface area contributed by atoms with Gasteiger partial charge in [0.25, 0.3) is 0 Å². The van der Waals surface area contributed by atoms with Gasteiger partial charge in [-0.15, -0.1) is 0 Å². The summed E-state index contributed by atoms with van der Waals surface area (Å²) in [7, 11) is 1.63. The summed E-state index contributed by atoms with van der Waals surface area (Å²) in [5, 5.41) is 0. The van der Waals surface area contributed by atoms with Crippen molar-refractivity contribution in [3.8, 4) is 23.0 Å². The lowest BCUT2D eigenvalue weighted by Crippen LogP contribution is -2.18.